The number of aryl methyl sites for hydroxylation is 1. The van der Waals surface area contributed by atoms with Gasteiger partial charge in [0.25, 0.3) is 5.91 Å². The number of rotatable bonds is 4. The van der Waals surface area contributed by atoms with E-state index in [-0.39, 0.29) is 12.7 Å². The van der Waals surface area contributed by atoms with Gasteiger partial charge < -0.3 is 19.4 Å². The van der Waals surface area contributed by atoms with E-state index in [0.29, 0.717) is 23.6 Å². The second kappa shape index (κ2) is 5.28. The van der Waals surface area contributed by atoms with Crippen LogP contribution in [0.15, 0.2) is 36.7 Å². The van der Waals surface area contributed by atoms with Gasteiger partial charge in [-0.05, 0) is 36.2 Å². The molecule has 0 saturated heterocycles. The summed E-state index contributed by atoms with van der Waals surface area (Å²) < 4.78 is 12.5. The van der Waals surface area contributed by atoms with E-state index in [4.69, 9.17) is 9.47 Å². The molecule has 1 aliphatic heterocycles. The molecule has 20 heavy (non-hydrogen) atoms. The Labute approximate surface area is 117 Å². The van der Waals surface area contributed by atoms with Crippen LogP contribution in [0.5, 0.6) is 11.5 Å². The Balaban J connectivity index is 1.56. The molecule has 1 aromatic carbocycles. The maximum absolute atomic E-state index is 12.0. The summed E-state index contributed by atoms with van der Waals surface area (Å²) in [5, 5.41) is 2.90. The monoisotopic (exact) mass is 272 g/mol. The molecule has 5 heteroatoms. The van der Waals surface area contributed by atoms with Crippen LogP contribution in [0.2, 0.25) is 0 Å². The number of carbonyl (C=O) groups excluding carboxylic acids is 1. The van der Waals surface area contributed by atoms with Gasteiger partial charge in [0.05, 0.1) is 0 Å². The van der Waals surface area contributed by atoms with E-state index in [2.05, 4.69) is 5.32 Å². The number of carbonyl (C=O) groups is 1. The van der Waals surface area contributed by atoms with E-state index in [1.165, 1.54) is 5.56 Å². The molecule has 104 valence electrons. The second-order valence-electron chi connectivity index (χ2n) is 4.76. The van der Waals surface area contributed by atoms with Crippen molar-refractivity contribution in [2.24, 2.45) is 7.05 Å². The van der Waals surface area contributed by atoms with Gasteiger partial charge in [-0.2, -0.15) is 0 Å². The maximum atomic E-state index is 12.0. The van der Waals surface area contributed by atoms with Gasteiger partial charge >= 0.3 is 0 Å². The van der Waals surface area contributed by atoms with Crippen molar-refractivity contribution in [3.05, 3.63) is 47.8 Å². The number of amides is 1. The average molecular weight is 272 g/mol. The van der Waals surface area contributed by atoms with Crippen molar-refractivity contribution in [3.8, 4) is 11.5 Å². The molecule has 0 atom stereocenters. The van der Waals surface area contributed by atoms with E-state index in [0.717, 1.165) is 6.42 Å². The Morgan fingerprint density at radius 1 is 1.30 bits per heavy atom. The molecular weight excluding hydrogens is 256 g/mol. The van der Waals surface area contributed by atoms with Crippen LogP contribution in [0.25, 0.3) is 0 Å². The van der Waals surface area contributed by atoms with Crippen molar-refractivity contribution in [2.45, 2.75) is 6.42 Å². The normalized spacial score (nSPS) is 12.4. The van der Waals surface area contributed by atoms with Crippen LogP contribution in [-0.2, 0) is 13.5 Å². The van der Waals surface area contributed by atoms with Gasteiger partial charge in [0.2, 0.25) is 6.79 Å². The number of nitrogens with zero attached hydrogens (tertiary/aromatic N) is 1. The minimum absolute atomic E-state index is 0.0979. The van der Waals surface area contributed by atoms with Crippen LogP contribution >= 0.6 is 0 Å². The highest BCUT2D eigenvalue weighted by Crippen LogP contribution is 2.32. The first-order valence-electron chi connectivity index (χ1n) is 6.51. The number of nitrogens with one attached hydrogen (secondary N) is 1. The van der Waals surface area contributed by atoms with Crippen molar-refractivity contribution in [1.29, 1.82) is 0 Å². The zero-order chi connectivity index (χ0) is 13.9. The number of hydrogen-bond acceptors (Lipinski definition) is 3. The van der Waals surface area contributed by atoms with E-state index in [1.807, 2.05) is 30.1 Å². The molecule has 0 spiro atoms. The number of ether oxygens (including phenoxy) is 2. The lowest BCUT2D eigenvalue weighted by atomic mass is 10.2. The summed E-state index contributed by atoms with van der Waals surface area (Å²) in [5.74, 6) is 1.21. The van der Waals surface area contributed by atoms with Gasteiger partial charge in [-0.25, -0.2) is 0 Å². The predicted octanol–water partition coefficient (Wildman–Crippen LogP) is 1.73. The molecule has 1 amide bonds. The molecule has 2 heterocycles. The van der Waals surface area contributed by atoms with Crippen molar-refractivity contribution in [2.75, 3.05) is 13.3 Å². The Morgan fingerprint density at radius 3 is 2.95 bits per heavy atom. The van der Waals surface area contributed by atoms with Crippen molar-refractivity contribution in [1.82, 2.24) is 9.88 Å². The second-order valence-corrected chi connectivity index (χ2v) is 4.76. The standard InChI is InChI=1S/C15H16N2O3/c1-17-7-5-11(9-17)4-6-16-15(18)12-2-3-13-14(8-12)20-10-19-13/h2-3,5,7-9H,4,6,10H2,1H3,(H,16,18). The zero-order valence-electron chi connectivity index (χ0n) is 11.3. The SMILES string of the molecule is Cn1ccc(CCNC(=O)c2ccc3c(c2)OCO3)c1. The van der Waals surface area contributed by atoms with Crippen molar-refractivity contribution >= 4 is 5.91 Å². The molecule has 0 unspecified atom stereocenters. The summed E-state index contributed by atoms with van der Waals surface area (Å²) in [6.45, 7) is 0.825. The van der Waals surface area contributed by atoms with Gasteiger partial charge in [-0.15, -0.1) is 0 Å². The first-order chi connectivity index (χ1) is 9.72. The summed E-state index contributed by atoms with van der Waals surface area (Å²) in [6.07, 6.45) is 4.86. The van der Waals surface area contributed by atoms with Crippen molar-refractivity contribution in [3.63, 3.8) is 0 Å². The van der Waals surface area contributed by atoms with Gasteiger partial charge in [0, 0.05) is 31.5 Å². The number of aromatic nitrogens is 1. The molecule has 1 N–H and O–H groups in total. The molecule has 0 aliphatic carbocycles. The minimum Gasteiger partial charge on any atom is -0.454 e. The zero-order valence-corrected chi connectivity index (χ0v) is 11.3. The Morgan fingerprint density at radius 2 is 2.15 bits per heavy atom. The smallest absolute Gasteiger partial charge is 0.251 e. The van der Waals surface area contributed by atoms with E-state index < -0.39 is 0 Å². The number of benzene rings is 1. The van der Waals surface area contributed by atoms with Gasteiger partial charge in [-0.3, -0.25) is 4.79 Å². The lowest BCUT2D eigenvalue weighted by Gasteiger charge is -2.05. The maximum Gasteiger partial charge on any atom is 0.251 e. The number of fused-ring (bicyclic) bond motifs is 1. The fraction of sp³-hybridized carbons (Fsp3) is 0.267. The topological polar surface area (TPSA) is 52.5 Å². The lowest BCUT2D eigenvalue weighted by Crippen LogP contribution is -2.25. The highest BCUT2D eigenvalue weighted by molar-refractivity contribution is 5.94. The van der Waals surface area contributed by atoms with Crippen LogP contribution in [0.3, 0.4) is 0 Å². The van der Waals surface area contributed by atoms with E-state index in [1.54, 1.807) is 18.2 Å². The lowest BCUT2D eigenvalue weighted by molar-refractivity contribution is 0.0953. The third-order valence-electron chi connectivity index (χ3n) is 3.23. The molecule has 0 saturated carbocycles. The summed E-state index contributed by atoms with van der Waals surface area (Å²) >= 11 is 0. The largest absolute Gasteiger partial charge is 0.454 e. The molecule has 1 aliphatic rings. The number of hydrogen-bond donors (Lipinski definition) is 1. The van der Waals surface area contributed by atoms with Crippen LogP contribution in [-0.4, -0.2) is 23.8 Å². The third-order valence-corrected chi connectivity index (χ3v) is 3.23. The molecule has 0 fully saturated rings. The van der Waals surface area contributed by atoms with Crippen molar-refractivity contribution < 1.29 is 14.3 Å². The Kier molecular flexibility index (Phi) is 3.33. The summed E-state index contributed by atoms with van der Waals surface area (Å²) in [4.78, 5) is 12.0. The first kappa shape index (κ1) is 12.6. The Hall–Kier alpha value is -2.43. The summed E-state index contributed by atoms with van der Waals surface area (Å²) in [7, 11) is 1.98. The molecule has 1 aromatic heterocycles. The molecule has 0 radical (unpaired) electrons. The van der Waals surface area contributed by atoms with Crippen LogP contribution in [0.4, 0.5) is 0 Å². The van der Waals surface area contributed by atoms with Crippen LogP contribution in [0.1, 0.15) is 15.9 Å². The van der Waals surface area contributed by atoms with E-state index in [9.17, 15) is 4.79 Å². The first-order valence-corrected chi connectivity index (χ1v) is 6.51. The fourth-order valence-corrected chi connectivity index (χ4v) is 2.17. The molecular formula is C15H16N2O3. The Bertz CT molecular complexity index is 634. The van der Waals surface area contributed by atoms with Gasteiger partial charge in [0.15, 0.2) is 11.5 Å². The molecule has 0 bridgehead atoms. The highest BCUT2D eigenvalue weighted by atomic mass is 16.7. The van der Waals surface area contributed by atoms with Gasteiger partial charge in [0.1, 0.15) is 0 Å². The summed E-state index contributed by atoms with van der Waals surface area (Å²) in [6, 6.07) is 7.26. The molecule has 2 aromatic rings. The third kappa shape index (κ3) is 2.61. The highest BCUT2D eigenvalue weighted by Gasteiger charge is 2.15. The van der Waals surface area contributed by atoms with Gasteiger partial charge in [-0.1, -0.05) is 0 Å². The average Bonchev–Trinajstić information content (AvgIpc) is 3.06. The molecule has 5 nitrogen and oxygen atoms in total. The van der Waals surface area contributed by atoms with E-state index >= 15 is 0 Å². The molecule has 3 rings (SSSR count). The predicted molar refractivity (Wildman–Crippen MR) is 74.0 cm³/mol. The van der Waals surface area contributed by atoms with Crippen LogP contribution in [0, 0.1) is 0 Å². The summed E-state index contributed by atoms with van der Waals surface area (Å²) in [5.41, 5.74) is 1.79. The minimum atomic E-state index is -0.0979. The van der Waals surface area contributed by atoms with Crippen LogP contribution < -0.4 is 14.8 Å². The quantitative estimate of drug-likeness (QED) is 0.922. The fourth-order valence-electron chi connectivity index (χ4n) is 2.17.